The lowest BCUT2D eigenvalue weighted by atomic mass is 10.1. The summed E-state index contributed by atoms with van der Waals surface area (Å²) in [6.07, 6.45) is 3.36. The van der Waals surface area contributed by atoms with E-state index in [1.807, 2.05) is 36.4 Å². The molecular weight excluding hydrogens is 224 g/mol. The largest absolute Gasteiger partial charge is 0.429 e. The van der Waals surface area contributed by atoms with E-state index in [4.69, 9.17) is 0 Å². The zero-order valence-corrected chi connectivity index (χ0v) is 9.54. The van der Waals surface area contributed by atoms with Crippen molar-refractivity contribution in [1.82, 2.24) is 9.71 Å². The van der Waals surface area contributed by atoms with E-state index in [0.717, 1.165) is 37.3 Å². The summed E-state index contributed by atoms with van der Waals surface area (Å²) < 4.78 is 1.09. The second-order valence-corrected chi connectivity index (χ2v) is 4.42. The van der Waals surface area contributed by atoms with Gasteiger partial charge >= 0.3 is 0 Å². The van der Waals surface area contributed by atoms with Crippen LogP contribution in [0.2, 0.25) is 0 Å². The van der Waals surface area contributed by atoms with Crippen LogP contribution in [0, 0.1) is 0 Å². The van der Waals surface area contributed by atoms with Gasteiger partial charge in [0, 0.05) is 22.4 Å². The van der Waals surface area contributed by atoms with Gasteiger partial charge < -0.3 is 5.21 Å². The van der Waals surface area contributed by atoms with Crippen LogP contribution in [-0.4, -0.2) is 14.9 Å². The zero-order chi connectivity index (χ0) is 12.1. The Hall–Kier alpha value is -2.55. The molecule has 0 aliphatic carbocycles. The number of hydrogen-bond donors (Lipinski definition) is 1. The molecule has 0 saturated heterocycles. The van der Waals surface area contributed by atoms with Crippen molar-refractivity contribution >= 4 is 32.6 Å². The summed E-state index contributed by atoms with van der Waals surface area (Å²) in [6, 6.07) is 14.0. The number of aromatic nitrogens is 2. The first-order chi connectivity index (χ1) is 8.83. The number of benzene rings is 2. The third-order valence-electron chi connectivity index (χ3n) is 3.34. The summed E-state index contributed by atoms with van der Waals surface area (Å²) in [6.45, 7) is 0. The Kier molecular flexibility index (Phi) is 1.70. The molecule has 0 fully saturated rings. The van der Waals surface area contributed by atoms with Crippen molar-refractivity contribution < 1.29 is 5.21 Å². The van der Waals surface area contributed by atoms with Gasteiger partial charge in [0.25, 0.3) is 0 Å². The minimum atomic E-state index is 0.968. The molecule has 0 aliphatic heterocycles. The van der Waals surface area contributed by atoms with Gasteiger partial charge in [-0.25, -0.2) is 9.71 Å². The zero-order valence-electron chi connectivity index (χ0n) is 9.54. The lowest BCUT2D eigenvalue weighted by molar-refractivity contribution is 0.186. The Morgan fingerprint density at radius 3 is 2.72 bits per heavy atom. The molecular formula is C15H10N2O. The molecule has 0 radical (unpaired) electrons. The SMILES string of the molecule is On1ccc2ccc3nc4ccccc4c3c2c1. The fourth-order valence-electron chi connectivity index (χ4n) is 2.53. The second-order valence-electron chi connectivity index (χ2n) is 4.42. The van der Waals surface area contributed by atoms with Gasteiger partial charge in [-0.15, -0.1) is 0 Å². The third kappa shape index (κ3) is 1.16. The Balaban J connectivity index is 2.35. The van der Waals surface area contributed by atoms with Gasteiger partial charge in [0.05, 0.1) is 17.2 Å². The Morgan fingerprint density at radius 2 is 1.78 bits per heavy atom. The first-order valence-electron chi connectivity index (χ1n) is 5.81. The Labute approximate surface area is 103 Å². The van der Waals surface area contributed by atoms with Crippen molar-refractivity contribution in [3.05, 3.63) is 54.9 Å². The molecule has 0 amide bonds. The standard InChI is InChI=1S/C15H10N2O/c18-17-8-7-10-5-6-14-15(12(10)9-17)11-3-1-2-4-13(11)16-14/h1-9,18H. The minimum absolute atomic E-state index is 0.968. The molecule has 4 rings (SSSR count). The van der Waals surface area contributed by atoms with E-state index >= 15 is 0 Å². The van der Waals surface area contributed by atoms with Crippen molar-refractivity contribution in [1.29, 1.82) is 0 Å². The fourth-order valence-corrected chi connectivity index (χ4v) is 2.53. The maximum atomic E-state index is 9.60. The van der Waals surface area contributed by atoms with E-state index < -0.39 is 0 Å². The molecule has 2 aromatic carbocycles. The van der Waals surface area contributed by atoms with Crippen LogP contribution >= 0.6 is 0 Å². The van der Waals surface area contributed by atoms with Crippen LogP contribution in [0.1, 0.15) is 0 Å². The molecule has 0 spiro atoms. The molecule has 4 aromatic rings. The van der Waals surface area contributed by atoms with Crippen LogP contribution in [0.15, 0.2) is 54.9 Å². The van der Waals surface area contributed by atoms with Gasteiger partial charge in [-0.3, -0.25) is 0 Å². The Morgan fingerprint density at radius 1 is 0.889 bits per heavy atom. The first-order valence-corrected chi connectivity index (χ1v) is 5.81. The molecule has 2 heterocycles. The first kappa shape index (κ1) is 9.48. The smallest absolute Gasteiger partial charge is 0.0723 e. The van der Waals surface area contributed by atoms with Crippen LogP contribution in [0.4, 0.5) is 0 Å². The third-order valence-corrected chi connectivity index (χ3v) is 3.34. The maximum absolute atomic E-state index is 9.60. The average molecular weight is 234 g/mol. The van der Waals surface area contributed by atoms with E-state index in [0.29, 0.717) is 0 Å². The second kappa shape index (κ2) is 3.23. The monoisotopic (exact) mass is 234 g/mol. The number of para-hydroxylation sites is 1. The summed E-state index contributed by atoms with van der Waals surface area (Å²) in [4.78, 5) is 4.60. The van der Waals surface area contributed by atoms with Gasteiger partial charge in [-0.05, 0) is 23.6 Å². The van der Waals surface area contributed by atoms with Gasteiger partial charge in [0.2, 0.25) is 0 Å². The molecule has 2 aromatic heterocycles. The highest BCUT2D eigenvalue weighted by Crippen LogP contribution is 2.31. The van der Waals surface area contributed by atoms with E-state index in [1.165, 1.54) is 0 Å². The van der Waals surface area contributed by atoms with E-state index in [9.17, 15) is 5.21 Å². The number of hydrogen-bond acceptors (Lipinski definition) is 2. The summed E-state index contributed by atoms with van der Waals surface area (Å²) in [5, 5.41) is 14.0. The highest BCUT2D eigenvalue weighted by molar-refractivity contribution is 6.19. The van der Waals surface area contributed by atoms with Gasteiger partial charge in [-0.1, -0.05) is 24.3 Å². The van der Waals surface area contributed by atoms with E-state index in [-0.39, 0.29) is 0 Å². The van der Waals surface area contributed by atoms with Crippen molar-refractivity contribution in [3.63, 3.8) is 0 Å². The maximum Gasteiger partial charge on any atom is 0.0723 e. The highest BCUT2D eigenvalue weighted by atomic mass is 16.5. The number of rotatable bonds is 0. The van der Waals surface area contributed by atoms with Crippen LogP contribution < -0.4 is 0 Å². The van der Waals surface area contributed by atoms with Crippen molar-refractivity contribution in [2.24, 2.45) is 0 Å². The predicted molar refractivity (Wildman–Crippen MR) is 71.9 cm³/mol. The van der Waals surface area contributed by atoms with Crippen LogP contribution in [-0.2, 0) is 0 Å². The molecule has 86 valence electrons. The van der Waals surface area contributed by atoms with Crippen molar-refractivity contribution in [2.75, 3.05) is 0 Å². The number of fused-ring (bicyclic) bond motifs is 5. The molecule has 18 heavy (non-hydrogen) atoms. The topological polar surface area (TPSA) is 38.0 Å². The van der Waals surface area contributed by atoms with E-state index in [2.05, 4.69) is 11.1 Å². The summed E-state index contributed by atoms with van der Waals surface area (Å²) in [7, 11) is 0. The van der Waals surface area contributed by atoms with Crippen molar-refractivity contribution in [3.8, 4) is 0 Å². The fraction of sp³-hybridized carbons (Fsp3) is 0. The molecule has 0 aliphatic rings. The Bertz CT molecular complexity index is 893. The lowest BCUT2D eigenvalue weighted by Gasteiger charge is -2.02. The molecule has 1 N–H and O–H groups in total. The molecule has 0 bridgehead atoms. The highest BCUT2D eigenvalue weighted by Gasteiger charge is 2.08. The lowest BCUT2D eigenvalue weighted by Crippen LogP contribution is -1.89. The van der Waals surface area contributed by atoms with E-state index in [1.54, 1.807) is 12.4 Å². The predicted octanol–water partition coefficient (Wildman–Crippen LogP) is 3.58. The quantitative estimate of drug-likeness (QED) is 0.472. The van der Waals surface area contributed by atoms with Crippen LogP contribution in [0.5, 0.6) is 0 Å². The average Bonchev–Trinajstić information content (AvgIpc) is 2.77. The van der Waals surface area contributed by atoms with Crippen LogP contribution in [0.3, 0.4) is 0 Å². The van der Waals surface area contributed by atoms with Crippen molar-refractivity contribution in [2.45, 2.75) is 0 Å². The van der Waals surface area contributed by atoms with Gasteiger partial charge in [0.1, 0.15) is 0 Å². The van der Waals surface area contributed by atoms with Gasteiger partial charge in [0.15, 0.2) is 0 Å². The van der Waals surface area contributed by atoms with Gasteiger partial charge in [-0.2, -0.15) is 0 Å². The molecule has 0 atom stereocenters. The normalized spacial score (nSPS) is 11.6. The molecule has 3 heteroatoms. The minimum Gasteiger partial charge on any atom is -0.429 e. The molecule has 0 unspecified atom stereocenters. The molecule has 0 saturated carbocycles. The summed E-state index contributed by atoms with van der Waals surface area (Å²) in [5.41, 5.74) is 1.96. The summed E-state index contributed by atoms with van der Waals surface area (Å²) in [5.74, 6) is 0. The summed E-state index contributed by atoms with van der Waals surface area (Å²) >= 11 is 0. The number of nitrogens with zero attached hydrogens (tertiary/aromatic N) is 2. The van der Waals surface area contributed by atoms with Crippen LogP contribution in [0.25, 0.3) is 32.6 Å². The number of pyridine rings is 1. The molecule has 3 nitrogen and oxygen atoms in total.